The molecular formula is C20H20BrNO2. The number of aryl methyl sites for hydroxylation is 1. The molecule has 0 N–H and O–H groups in total. The van der Waals surface area contributed by atoms with E-state index in [9.17, 15) is 5.26 Å². The van der Waals surface area contributed by atoms with Gasteiger partial charge in [-0.25, -0.2) is 0 Å². The Morgan fingerprint density at radius 3 is 2.42 bits per heavy atom. The smallest absolute Gasteiger partial charge is 0.175 e. The molecule has 2 aromatic carbocycles. The summed E-state index contributed by atoms with van der Waals surface area (Å²) in [6.45, 7) is 5.95. The van der Waals surface area contributed by atoms with Crippen LogP contribution in [-0.2, 0) is 0 Å². The molecular weight excluding hydrogens is 366 g/mol. The molecule has 0 spiro atoms. The fourth-order valence-electron chi connectivity index (χ4n) is 2.25. The molecule has 0 radical (unpaired) electrons. The van der Waals surface area contributed by atoms with Gasteiger partial charge in [0.1, 0.15) is 0 Å². The summed E-state index contributed by atoms with van der Waals surface area (Å²) in [6, 6.07) is 14.0. The molecule has 0 bridgehead atoms. The molecule has 0 saturated carbocycles. The second-order valence-electron chi connectivity index (χ2n) is 5.74. The standard InChI is InChI=1S/C20H20BrNO2/c1-13(2)24-20-18(21)10-15(11-19(20)23-4)9-17(12-22)16-7-5-14(3)6-8-16/h5-11,13H,1-4H3/b17-9+. The van der Waals surface area contributed by atoms with Gasteiger partial charge < -0.3 is 9.47 Å². The normalized spacial score (nSPS) is 11.3. The van der Waals surface area contributed by atoms with Gasteiger partial charge in [-0.05, 0) is 66.0 Å². The van der Waals surface area contributed by atoms with Crippen LogP contribution in [0.2, 0.25) is 0 Å². The number of ether oxygens (including phenoxy) is 2. The first kappa shape index (κ1) is 18.1. The molecule has 124 valence electrons. The van der Waals surface area contributed by atoms with E-state index in [4.69, 9.17) is 9.47 Å². The summed E-state index contributed by atoms with van der Waals surface area (Å²) in [7, 11) is 1.60. The summed E-state index contributed by atoms with van der Waals surface area (Å²) in [6.07, 6.45) is 1.88. The van der Waals surface area contributed by atoms with Crippen molar-refractivity contribution in [1.82, 2.24) is 0 Å². The number of nitrogens with zero attached hydrogens (tertiary/aromatic N) is 1. The minimum atomic E-state index is 0.0406. The molecule has 0 aromatic heterocycles. The molecule has 0 fully saturated rings. The lowest BCUT2D eigenvalue weighted by Crippen LogP contribution is -2.07. The Balaban J connectivity index is 2.46. The maximum Gasteiger partial charge on any atom is 0.175 e. The monoisotopic (exact) mass is 385 g/mol. The molecule has 0 amide bonds. The van der Waals surface area contributed by atoms with E-state index >= 15 is 0 Å². The highest BCUT2D eigenvalue weighted by Gasteiger charge is 2.13. The first-order chi connectivity index (χ1) is 11.4. The highest BCUT2D eigenvalue weighted by Crippen LogP contribution is 2.38. The average molecular weight is 386 g/mol. The van der Waals surface area contributed by atoms with Crippen molar-refractivity contribution in [3.8, 4) is 17.6 Å². The van der Waals surface area contributed by atoms with Crippen LogP contribution in [0.5, 0.6) is 11.5 Å². The average Bonchev–Trinajstić information content (AvgIpc) is 2.55. The van der Waals surface area contributed by atoms with Crippen molar-refractivity contribution < 1.29 is 9.47 Å². The van der Waals surface area contributed by atoms with E-state index in [0.29, 0.717) is 17.1 Å². The zero-order chi connectivity index (χ0) is 17.7. The molecule has 3 nitrogen and oxygen atoms in total. The van der Waals surface area contributed by atoms with Gasteiger partial charge in [0.05, 0.1) is 29.3 Å². The van der Waals surface area contributed by atoms with E-state index in [2.05, 4.69) is 22.0 Å². The van der Waals surface area contributed by atoms with Gasteiger partial charge in [-0.3, -0.25) is 0 Å². The van der Waals surface area contributed by atoms with E-state index < -0.39 is 0 Å². The van der Waals surface area contributed by atoms with Crippen LogP contribution in [-0.4, -0.2) is 13.2 Å². The van der Waals surface area contributed by atoms with Crippen molar-refractivity contribution in [2.45, 2.75) is 26.9 Å². The second kappa shape index (κ2) is 8.03. The minimum Gasteiger partial charge on any atom is -0.493 e. The maximum absolute atomic E-state index is 9.49. The molecule has 2 aromatic rings. The quantitative estimate of drug-likeness (QED) is 0.495. The molecule has 0 heterocycles. The summed E-state index contributed by atoms with van der Waals surface area (Å²) in [4.78, 5) is 0. The summed E-state index contributed by atoms with van der Waals surface area (Å²) in [5.41, 5.74) is 3.52. The van der Waals surface area contributed by atoms with Gasteiger partial charge >= 0.3 is 0 Å². The summed E-state index contributed by atoms with van der Waals surface area (Å²) >= 11 is 3.53. The predicted molar refractivity (Wildman–Crippen MR) is 101 cm³/mol. The van der Waals surface area contributed by atoms with E-state index in [1.807, 2.05) is 63.2 Å². The van der Waals surface area contributed by atoms with E-state index in [-0.39, 0.29) is 6.10 Å². The number of rotatable bonds is 5. The van der Waals surface area contributed by atoms with Crippen LogP contribution in [0.4, 0.5) is 0 Å². The van der Waals surface area contributed by atoms with Crippen LogP contribution >= 0.6 is 15.9 Å². The van der Waals surface area contributed by atoms with Gasteiger partial charge in [0, 0.05) is 0 Å². The fraction of sp³-hybridized carbons (Fsp3) is 0.250. The van der Waals surface area contributed by atoms with Crippen molar-refractivity contribution in [1.29, 1.82) is 5.26 Å². The highest BCUT2D eigenvalue weighted by molar-refractivity contribution is 9.10. The number of allylic oxidation sites excluding steroid dienone is 1. The number of hydrogen-bond acceptors (Lipinski definition) is 3. The van der Waals surface area contributed by atoms with Crippen molar-refractivity contribution in [3.63, 3.8) is 0 Å². The van der Waals surface area contributed by atoms with Gasteiger partial charge in [-0.2, -0.15) is 5.26 Å². The molecule has 0 atom stereocenters. The SMILES string of the molecule is COc1cc(/C=C(\C#N)c2ccc(C)cc2)cc(Br)c1OC(C)C. The maximum atomic E-state index is 9.49. The lowest BCUT2D eigenvalue weighted by molar-refractivity contribution is 0.228. The Kier molecular flexibility index (Phi) is 6.05. The molecule has 0 aliphatic rings. The predicted octanol–water partition coefficient (Wildman–Crippen LogP) is 5.62. The molecule has 0 aliphatic heterocycles. The Morgan fingerprint density at radius 1 is 1.21 bits per heavy atom. The van der Waals surface area contributed by atoms with Crippen LogP contribution in [0.1, 0.15) is 30.5 Å². The lowest BCUT2D eigenvalue weighted by atomic mass is 10.0. The lowest BCUT2D eigenvalue weighted by Gasteiger charge is -2.16. The fourth-order valence-corrected chi connectivity index (χ4v) is 2.81. The van der Waals surface area contributed by atoms with E-state index in [1.165, 1.54) is 0 Å². The van der Waals surface area contributed by atoms with Crippen LogP contribution < -0.4 is 9.47 Å². The Morgan fingerprint density at radius 2 is 1.88 bits per heavy atom. The van der Waals surface area contributed by atoms with Crippen molar-refractivity contribution in [2.75, 3.05) is 7.11 Å². The summed E-state index contributed by atoms with van der Waals surface area (Å²) in [5, 5.41) is 9.49. The largest absolute Gasteiger partial charge is 0.493 e. The van der Waals surface area contributed by atoms with Gasteiger partial charge in [-0.15, -0.1) is 0 Å². The van der Waals surface area contributed by atoms with Crippen LogP contribution in [0.15, 0.2) is 40.9 Å². The molecule has 0 saturated heterocycles. The van der Waals surface area contributed by atoms with Crippen molar-refractivity contribution in [3.05, 3.63) is 57.6 Å². The Hall–Kier alpha value is -2.25. The third kappa shape index (κ3) is 4.39. The number of benzene rings is 2. The van der Waals surface area contributed by atoms with Crippen LogP contribution in [0.25, 0.3) is 11.6 Å². The first-order valence-corrected chi connectivity index (χ1v) is 8.47. The zero-order valence-electron chi connectivity index (χ0n) is 14.3. The Labute approximate surface area is 151 Å². The number of halogens is 1. The third-order valence-corrected chi connectivity index (χ3v) is 3.99. The van der Waals surface area contributed by atoms with E-state index in [0.717, 1.165) is 21.2 Å². The van der Waals surface area contributed by atoms with Gasteiger partial charge in [0.25, 0.3) is 0 Å². The Bertz CT molecular complexity index is 787. The highest BCUT2D eigenvalue weighted by atomic mass is 79.9. The molecule has 2 rings (SSSR count). The van der Waals surface area contributed by atoms with Gasteiger partial charge in [-0.1, -0.05) is 29.8 Å². The molecule has 24 heavy (non-hydrogen) atoms. The summed E-state index contributed by atoms with van der Waals surface area (Å²) in [5.74, 6) is 1.30. The zero-order valence-corrected chi connectivity index (χ0v) is 15.8. The minimum absolute atomic E-state index is 0.0406. The molecule has 0 aliphatic carbocycles. The number of nitriles is 1. The number of hydrogen-bond donors (Lipinski definition) is 0. The molecule has 4 heteroatoms. The van der Waals surface area contributed by atoms with Crippen molar-refractivity contribution >= 4 is 27.6 Å². The number of methoxy groups -OCH3 is 1. The van der Waals surface area contributed by atoms with Crippen LogP contribution in [0, 0.1) is 18.3 Å². The van der Waals surface area contributed by atoms with Crippen molar-refractivity contribution in [2.24, 2.45) is 0 Å². The van der Waals surface area contributed by atoms with Gasteiger partial charge in [0.15, 0.2) is 11.5 Å². The topological polar surface area (TPSA) is 42.2 Å². The van der Waals surface area contributed by atoms with Crippen LogP contribution in [0.3, 0.4) is 0 Å². The van der Waals surface area contributed by atoms with E-state index in [1.54, 1.807) is 7.11 Å². The first-order valence-electron chi connectivity index (χ1n) is 7.67. The van der Waals surface area contributed by atoms with Gasteiger partial charge in [0.2, 0.25) is 0 Å². The second-order valence-corrected chi connectivity index (χ2v) is 6.59. The summed E-state index contributed by atoms with van der Waals surface area (Å²) < 4.78 is 12.0. The molecule has 0 unspecified atom stereocenters. The third-order valence-electron chi connectivity index (χ3n) is 3.40.